The van der Waals surface area contributed by atoms with Gasteiger partial charge in [-0.15, -0.1) is 13.2 Å². The SMILES string of the molecule is Cn1c(=O)c2c(nc(Oc3cccc(OC(F)(F)F)c3)n2Cc2ccc(Cl)c(Cl)c2)n(C)c1=O. The Kier molecular flexibility index (Phi) is 6.09. The van der Waals surface area contributed by atoms with Gasteiger partial charge in [0.1, 0.15) is 11.5 Å². The first-order chi connectivity index (χ1) is 15.9. The Bertz CT molecular complexity index is 1530. The lowest BCUT2D eigenvalue weighted by atomic mass is 10.2. The van der Waals surface area contributed by atoms with Gasteiger partial charge in [-0.05, 0) is 29.8 Å². The molecule has 4 rings (SSSR count). The van der Waals surface area contributed by atoms with E-state index >= 15 is 0 Å². The van der Waals surface area contributed by atoms with Crippen molar-refractivity contribution in [2.24, 2.45) is 14.1 Å². The zero-order valence-corrected chi connectivity index (χ0v) is 19.1. The molecule has 0 saturated carbocycles. The van der Waals surface area contributed by atoms with Crippen LogP contribution in [0, 0.1) is 0 Å². The van der Waals surface area contributed by atoms with Crippen molar-refractivity contribution < 1.29 is 22.6 Å². The number of benzene rings is 2. The van der Waals surface area contributed by atoms with E-state index in [0.29, 0.717) is 10.6 Å². The van der Waals surface area contributed by atoms with Crippen LogP contribution in [0.3, 0.4) is 0 Å². The minimum atomic E-state index is -4.88. The molecular formula is C21H15Cl2F3N4O4. The maximum atomic E-state index is 13.0. The summed E-state index contributed by atoms with van der Waals surface area (Å²) in [5.74, 6) is -0.533. The molecule has 2 aromatic carbocycles. The van der Waals surface area contributed by atoms with Crippen LogP contribution < -0.4 is 20.7 Å². The molecule has 0 aliphatic rings. The standard InChI is InChI=1S/C21H15Cl2F3N4O4/c1-28-17-16(18(31)29(2)20(28)32)30(10-11-6-7-14(22)15(23)8-11)19(27-17)33-12-4-3-5-13(9-12)34-21(24,25)26/h3-9H,10H2,1-2H3. The van der Waals surface area contributed by atoms with E-state index in [9.17, 15) is 22.8 Å². The summed E-state index contributed by atoms with van der Waals surface area (Å²) in [6.45, 7) is 0.0366. The Morgan fingerprint density at radius 3 is 2.35 bits per heavy atom. The molecule has 0 radical (unpaired) electrons. The number of aromatic nitrogens is 4. The van der Waals surface area contributed by atoms with Crippen LogP contribution in [0.2, 0.25) is 10.0 Å². The van der Waals surface area contributed by atoms with E-state index in [-0.39, 0.29) is 34.5 Å². The second-order valence-electron chi connectivity index (χ2n) is 7.23. The van der Waals surface area contributed by atoms with E-state index in [1.54, 1.807) is 18.2 Å². The van der Waals surface area contributed by atoms with Crippen molar-refractivity contribution in [3.05, 3.63) is 78.9 Å². The summed E-state index contributed by atoms with van der Waals surface area (Å²) in [6.07, 6.45) is -4.88. The summed E-state index contributed by atoms with van der Waals surface area (Å²) >= 11 is 12.1. The van der Waals surface area contributed by atoms with E-state index in [1.165, 1.54) is 30.8 Å². The van der Waals surface area contributed by atoms with Crippen molar-refractivity contribution in [2.45, 2.75) is 12.9 Å². The highest BCUT2D eigenvalue weighted by molar-refractivity contribution is 6.42. The number of ether oxygens (including phenoxy) is 2. The molecule has 0 amide bonds. The molecule has 13 heteroatoms. The molecule has 0 saturated heterocycles. The molecule has 2 aromatic heterocycles. The van der Waals surface area contributed by atoms with Crippen molar-refractivity contribution >= 4 is 34.4 Å². The quantitative estimate of drug-likeness (QED) is 0.392. The van der Waals surface area contributed by atoms with Gasteiger partial charge >= 0.3 is 18.1 Å². The highest BCUT2D eigenvalue weighted by Crippen LogP contribution is 2.31. The van der Waals surface area contributed by atoms with Gasteiger partial charge in [-0.3, -0.25) is 18.5 Å². The Labute approximate surface area is 199 Å². The molecule has 0 atom stereocenters. The number of rotatable bonds is 5. The van der Waals surface area contributed by atoms with Crippen LogP contribution in [0.25, 0.3) is 11.2 Å². The highest BCUT2D eigenvalue weighted by atomic mass is 35.5. The molecular weight excluding hydrogens is 500 g/mol. The van der Waals surface area contributed by atoms with Crippen LogP contribution in [-0.2, 0) is 20.6 Å². The third kappa shape index (κ3) is 4.62. The first kappa shape index (κ1) is 23.7. The van der Waals surface area contributed by atoms with Crippen molar-refractivity contribution in [1.29, 1.82) is 0 Å². The fourth-order valence-electron chi connectivity index (χ4n) is 3.31. The second kappa shape index (κ2) is 8.73. The van der Waals surface area contributed by atoms with Gasteiger partial charge in [-0.25, -0.2) is 4.79 Å². The van der Waals surface area contributed by atoms with Crippen LogP contribution in [0.5, 0.6) is 17.5 Å². The maximum absolute atomic E-state index is 13.0. The fourth-order valence-corrected chi connectivity index (χ4v) is 3.63. The molecule has 0 unspecified atom stereocenters. The third-order valence-electron chi connectivity index (χ3n) is 4.89. The van der Waals surface area contributed by atoms with Crippen LogP contribution in [0.4, 0.5) is 13.2 Å². The predicted molar refractivity (Wildman–Crippen MR) is 119 cm³/mol. The number of alkyl halides is 3. The Balaban J connectivity index is 1.87. The number of nitrogens with zero attached hydrogens (tertiary/aromatic N) is 4. The molecule has 34 heavy (non-hydrogen) atoms. The maximum Gasteiger partial charge on any atom is 0.573 e. The van der Waals surface area contributed by atoms with Gasteiger partial charge in [0.25, 0.3) is 5.56 Å². The first-order valence-electron chi connectivity index (χ1n) is 9.58. The van der Waals surface area contributed by atoms with Crippen LogP contribution in [0.1, 0.15) is 5.56 Å². The largest absolute Gasteiger partial charge is 0.573 e. The first-order valence-corrected chi connectivity index (χ1v) is 10.3. The number of fused-ring (bicyclic) bond motifs is 1. The smallest absolute Gasteiger partial charge is 0.425 e. The van der Waals surface area contributed by atoms with Crippen LogP contribution in [0.15, 0.2) is 52.1 Å². The highest BCUT2D eigenvalue weighted by Gasteiger charge is 2.31. The van der Waals surface area contributed by atoms with Gasteiger partial charge in [-0.2, -0.15) is 4.98 Å². The monoisotopic (exact) mass is 514 g/mol. The summed E-state index contributed by atoms with van der Waals surface area (Å²) in [6, 6.07) is 9.53. The summed E-state index contributed by atoms with van der Waals surface area (Å²) < 4.78 is 51.0. The van der Waals surface area contributed by atoms with E-state index in [4.69, 9.17) is 27.9 Å². The summed E-state index contributed by atoms with van der Waals surface area (Å²) in [5, 5.41) is 0.612. The van der Waals surface area contributed by atoms with Gasteiger partial charge in [-0.1, -0.05) is 35.3 Å². The van der Waals surface area contributed by atoms with Gasteiger partial charge < -0.3 is 9.47 Å². The lowest BCUT2D eigenvalue weighted by molar-refractivity contribution is -0.274. The second-order valence-corrected chi connectivity index (χ2v) is 8.05. The molecule has 4 aromatic rings. The lowest BCUT2D eigenvalue weighted by Crippen LogP contribution is -2.37. The van der Waals surface area contributed by atoms with Crippen molar-refractivity contribution in [3.63, 3.8) is 0 Å². The Morgan fingerprint density at radius 1 is 0.971 bits per heavy atom. The average molecular weight is 515 g/mol. The van der Waals surface area contributed by atoms with E-state index in [2.05, 4.69) is 9.72 Å². The van der Waals surface area contributed by atoms with Crippen molar-refractivity contribution in [2.75, 3.05) is 0 Å². The van der Waals surface area contributed by atoms with Crippen molar-refractivity contribution in [3.8, 4) is 17.5 Å². The fraction of sp³-hybridized carbons (Fsp3) is 0.190. The normalized spacial score (nSPS) is 11.7. The third-order valence-corrected chi connectivity index (χ3v) is 5.62. The van der Waals surface area contributed by atoms with Crippen molar-refractivity contribution in [1.82, 2.24) is 18.7 Å². The molecule has 0 fully saturated rings. The number of imidazole rings is 1. The van der Waals surface area contributed by atoms with Crippen LogP contribution >= 0.6 is 23.2 Å². The van der Waals surface area contributed by atoms with E-state index < -0.39 is 23.4 Å². The summed E-state index contributed by atoms with van der Waals surface area (Å²) in [4.78, 5) is 29.6. The minimum absolute atomic E-state index is 0.0331. The lowest BCUT2D eigenvalue weighted by Gasteiger charge is -2.12. The molecule has 0 spiro atoms. The topological polar surface area (TPSA) is 80.3 Å². The van der Waals surface area contributed by atoms with Gasteiger partial charge in [0.15, 0.2) is 11.2 Å². The number of hydrogen-bond donors (Lipinski definition) is 0. The van der Waals surface area contributed by atoms with Crippen LogP contribution in [-0.4, -0.2) is 25.0 Å². The average Bonchev–Trinajstić information content (AvgIpc) is 3.10. The van der Waals surface area contributed by atoms with Gasteiger partial charge in [0.2, 0.25) is 0 Å². The Hall–Kier alpha value is -3.44. The van der Waals surface area contributed by atoms with Gasteiger partial charge in [0.05, 0.1) is 16.6 Å². The number of aryl methyl sites for hydroxylation is 1. The number of hydrogen-bond acceptors (Lipinski definition) is 5. The zero-order chi connectivity index (χ0) is 24.8. The molecule has 0 bridgehead atoms. The predicted octanol–water partition coefficient (Wildman–Crippen LogP) is 4.48. The molecule has 8 nitrogen and oxygen atoms in total. The molecule has 0 aliphatic heterocycles. The minimum Gasteiger partial charge on any atom is -0.425 e. The van der Waals surface area contributed by atoms with Gasteiger partial charge in [0, 0.05) is 20.2 Å². The Morgan fingerprint density at radius 2 is 1.68 bits per heavy atom. The zero-order valence-electron chi connectivity index (χ0n) is 17.6. The molecule has 2 heterocycles. The van der Waals surface area contributed by atoms with E-state index in [0.717, 1.165) is 21.3 Å². The van der Waals surface area contributed by atoms with E-state index in [1.807, 2.05) is 0 Å². The number of halogens is 5. The molecule has 0 aliphatic carbocycles. The molecule has 178 valence electrons. The summed E-state index contributed by atoms with van der Waals surface area (Å²) in [5.41, 5.74) is -0.527. The summed E-state index contributed by atoms with van der Waals surface area (Å²) in [7, 11) is 2.75. The molecule has 0 N–H and O–H groups in total.